The predicted octanol–water partition coefficient (Wildman–Crippen LogP) is 2.98. The fourth-order valence-corrected chi connectivity index (χ4v) is 0.963. The first-order valence-electron chi connectivity index (χ1n) is 4.31. The van der Waals surface area contributed by atoms with Crippen LogP contribution in [0, 0.1) is 5.92 Å². The Balaban J connectivity index is 3.94. The van der Waals surface area contributed by atoms with Crippen LogP contribution >= 0.6 is 12.6 Å². The predicted molar refractivity (Wildman–Crippen MR) is 60.4 cm³/mol. The van der Waals surface area contributed by atoms with Crippen LogP contribution in [-0.2, 0) is 0 Å². The maximum Gasteiger partial charge on any atom is 0.0276 e. The number of rotatable bonds is 4. The molecule has 0 aromatic rings. The van der Waals surface area contributed by atoms with E-state index in [1.54, 1.807) is 0 Å². The van der Waals surface area contributed by atoms with Crippen LogP contribution in [0.25, 0.3) is 0 Å². The first kappa shape index (κ1) is 11.8. The standard InChI is InChI=1S/C10H19NS/c1-8(7-12)5-6-9(2)10(3)11-4/h5,9,12H,6-7H2,1-4H3/b8-5-,11-10-. The second-order valence-corrected chi connectivity index (χ2v) is 3.53. The summed E-state index contributed by atoms with van der Waals surface area (Å²) in [5, 5.41) is 0. The van der Waals surface area contributed by atoms with Crippen molar-refractivity contribution in [2.24, 2.45) is 10.9 Å². The number of allylic oxidation sites excluding steroid dienone is 1. The molecular formula is C10H19NS. The number of hydrogen-bond donors (Lipinski definition) is 1. The van der Waals surface area contributed by atoms with Gasteiger partial charge in [-0.25, -0.2) is 0 Å². The molecule has 0 saturated carbocycles. The molecule has 1 atom stereocenters. The Morgan fingerprint density at radius 1 is 1.50 bits per heavy atom. The Kier molecular flexibility index (Phi) is 6.17. The van der Waals surface area contributed by atoms with E-state index in [1.165, 1.54) is 11.3 Å². The van der Waals surface area contributed by atoms with Crippen molar-refractivity contribution in [3.63, 3.8) is 0 Å². The molecule has 0 rings (SSSR count). The van der Waals surface area contributed by atoms with Crippen LogP contribution in [0.4, 0.5) is 0 Å². The summed E-state index contributed by atoms with van der Waals surface area (Å²) in [6.45, 7) is 6.39. The van der Waals surface area contributed by atoms with E-state index in [4.69, 9.17) is 0 Å². The molecule has 0 aliphatic rings. The first-order valence-corrected chi connectivity index (χ1v) is 4.94. The molecule has 1 nitrogen and oxygen atoms in total. The molecule has 12 heavy (non-hydrogen) atoms. The van der Waals surface area contributed by atoms with Gasteiger partial charge in [-0.3, -0.25) is 4.99 Å². The zero-order chi connectivity index (χ0) is 9.56. The number of nitrogens with zero attached hydrogens (tertiary/aromatic N) is 1. The monoisotopic (exact) mass is 185 g/mol. The lowest BCUT2D eigenvalue weighted by atomic mass is 10.0. The van der Waals surface area contributed by atoms with Gasteiger partial charge in [0.1, 0.15) is 0 Å². The van der Waals surface area contributed by atoms with Gasteiger partial charge in [-0.1, -0.05) is 18.6 Å². The fraction of sp³-hybridized carbons (Fsp3) is 0.700. The molecule has 70 valence electrons. The summed E-state index contributed by atoms with van der Waals surface area (Å²) in [7, 11) is 1.85. The van der Waals surface area contributed by atoms with E-state index in [2.05, 4.69) is 44.5 Å². The van der Waals surface area contributed by atoms with Crippen molar-refractivity contribution in [2.75, 3.05) is 12.8 Å². The molecule has 0 saturated heterocycles. The molecule has 0 aliphatic carbocycles. The normalized spacial score (nSPS) is 16.4. The topological polar surface area (TPSA) is 12.4 Å². The summed E-state index contributed by atoms with van der Waals surface area (Å²) in [5.74, 6) is 1.42. The van der Waals surface area contributed by atoms with E-state index in [0.29, 0.717) is 5.92 Å². The van der Waals surface area contributed by atoms with Gasteiger partial charge >= 0.3 is 0 Å². The van der Waals surface area contributed by atoms with Gasteiger partial charge in [-0.15, -0.1) is 0 Å². The zero-order valence-corrected chi connectivity index (χ0v) is 9.36. The number of hydrogen-bond acceptors (Lipinski definition) is 2. The van der Waals surface area contributed by atoms with Crippen LogP contribution in [0.3, 0.4) is 0 Å². The van der Waals surface area contributed by atoms with E-state index in [0.717, 1.165) is 12.2 Å². The maximum absolute atomic E-state index is 4.19. The molecule has 0 radical (unpaired) electrons. The van der Waals surface area contributed by atoms with E-state index < -0.39 is 0 Å². The third kappa shape index (κ3) is 4.60. The minimum Gasteiger partial charge on any atom is -0.297 e. The van der Waals surface area contributed by atoms with E-state index in [1.807, 2.05) is 7.05 Å². The third-order valence-electron chi connectivity index (χ3n) is 2.14. The second-order valence-electron chi connectivity index (χ2n) is 3.21. The highest BCUT2D eigenvalue weighted by molar-refractivity contribution is 7.80. The van der Waals surface area contributed by atoms with Gasteiger partial charge in [-0.2, -0.15) is 12.6 Å². The molecule has 0 spiro atoms. The van der Waals surface area contributed by atoms with Gasteiger partial charge in [0.15, 0.2) is 0 Å². The van der Waals surface area contributed by atoms with Gasteiger partial charge in [0.2, 0.25) is 0 Å². The second kappa shape index (κ2) is 6.30. The Morgan fingerprint density at radius 2 is 2.08 bits per heavy atom. The summed E-state index contributed by atoms with van der Waals surface area (Å²) in [6.07, 6.45) is 3.32. The van der Waals surface area contributed by atoms with Gasteiger partial charge in [-0.05, 0) is 26.2 Å². The van der Waals surface area contributed by atoms with Gasteiger partial charge in [0, 0.05) is 18.5 Å². The summed E-state index contributed by atoms with van der Waals surface area (Å²) in [4.78, 5) is 4.16. The molecule has 0 aromatic carbocycles. The highest BCUT2D eigenvalue weighted by atomic mass is 32.1. The maximum atomic E-state index is 4.19. The third-order valence-corrected chi connectivity index (χ3v) is 2.63. The molecule has 0 bridgehead atoms. The molecule has 0 aromatic heterocycles. The average Bonchev–Trinajstić information content (AvgIpc) is 2.11. The van der Waals surface area contributed by atoms with Crippen LogP contribution < -0.4 is 0 Å². The molecular weight excluding hydrogens is 166 g/mol. The van der Waals surface area contributed by atoms with Crippen molar-refractivity contribution < 1.29 is 0 Å². The minimum atomic E-state index is 0.560. The van der Waals surface area contributed by atoms with Crippen molar-refractivity contribution in [2.45, 2.75) is 27.2 Å². The van der Waals surface area contributed by atoms with Crippen LogP contribution in [0.2, 0.25) is 0 Å². The largest absolute Gasteiger partial charge is 0.297 e. The van der Waals surface area contributed by atoms with Gasteiger partial charge in [0.05, 0.1) is 0 Å². The lowest BCUT2D eigenvalue weighted by molar-refractivity contribution is 0.780. The first-order chi connectivity index (χ1) is 5.61. The van der Waals surface area contributed by atoms with Gasteiger partial charge < -0.3 is 0 Å². The summed E-state index contributed by atoms with van der Waals surface area (Å²) in [6, 6.07) is 0. The highest BCUT2D eigenvalue weighted by Crippen LogP contribution is 2.08. The average molecular weight is 185 g/mol. The Hall–Kier alpha value is -0.240. The smallest absolute Gasteiger partial charge is 0.0276 e. The van der Waals surface area contributed by atoms with E-state index in [-0.39, 0.29) is 0 Å². The molecule has 1 unspecified atom stereocenters. The number of aliphatic imine (C=N–C) groups is 1. The highest BCUT2D eigenvalue weighted by Gasteiger charge is 2.02. The fourth-order valence-electron chi connectivity index (χ4n) is 0.833. The van der Waals surface area contributed by atoms with Crippen LogP contribution in [0.5, 0.6) is 0 Å². The Labute approximate surface area is 81.4 Å². The Bertz CT molecular complexity index is 182. The SMILES string of the molecule is C/N=C(/C)C(C)C/C=C(/C)CS. The van der Waals surface area contributed by atoms with E-state index in [9.17, 15) is 0 Å². The molecule has 0 N–H and O–H groups in total. The lowest BCUT2D eigenvalue weighted by Crippen LogP contribution is -2.05. The summed E-state index contributed by atoms with van der Waals surface area (Å²) in [5.41, 5.74) is 2.56. The minimum absolute atomic E-state index is 0.560. The molecule has 0 aliphatic heterocycles. The van der Waals surface area contributed by atoms with Crippen molar-refractivity contribution in [1.82, 2.24) is 0 Å². The molecule has 0 amide bonds. The summed E-state index contributed by atoms with van der Waals surface area (Å²) >= 11 is 4.19. The molecule has 0 heterocycles. The molecule has 0 fully saturated rings. The quantitative estimate of drug-likeness (QED) is 0.393. The van der Waals surface area contributed by atoms with Crippen molar-refractivity contribution in [3.05, 3.63) is 11.6 Å². The van der Waals surface area contributed by atoms with Crippen LogP contribution in [0.1, 0.15) is 27.2 Å². The lowest BCUT2D eigenvalue weighted by Gasteiger charge is -2.07. The number of thiol groups is 1. The van der Waals surface area contributed by atoms with Crippen molar-refractivity contribution >= 4 is 18.3 Å². The van der Waals surface area contributed by atoms with Crippen LogP contribution in [0.15, 0.2) is 16.6 Å². The van der Waals surface area contributed by atoms with Gasteiger partial charge in [0.25, 0.3) is 0 Å². The zero-order valence-electron chi connectivity index (χ0n) is 8.46. The van der Waals surface area contributed by atoms with Crippen molar-refractivity contribution in [3.8, 4) is 0 Å². The summed E-state index contributed by atoms with van der Waals surface area (Å²) < 4.78 is 0. The molecule has 2 heteroatoms. The van der Waals surface area contributed by atoms with E-state index >= 15 is 0 Å². The Morgan fingerprint density at radius 3 is 2.50 bits per heavy atom. The van der Waals surface area contributed by atoms with Crippen molar-refractivity contribution in [1.29, 1.82) is 0 Å². The van der Waals surface area contributed by atoms with Crippen LogP contribution in [-0.4, -0.2) is 18.5 Å².